The van der Waals surface area contributed by atoms with Gasteiger partial charge in [0.15, 0.2) is 5.82 Å². The molecule has 6 heteroatoms. The van der Waals surface area contributed by atoms with Gasteiger partial charge in [-0.2, -0.15) is 10.1 Å². The molecule has 1 amide bonds. The molecule has 0 aliphatic carbocycles. The largest absolute Gasteiger partial charge is 0.507 e. The van der Waals surface area contributed by atoms with Gasteiger partial charge in [0.05, 0.1) is 12.1 Å². The lowest BCUT2D eigenvalue weighted by atomic mass is 10.1. The molecule has 1 aliphatic heterocycles. The van der Waals surface area contributed by atoms with Crippen LogP contribution >= 0.6 is 11.6 Å². The van der Waals surface area contributed by atoms with Gasteiger partial charge >= 0.3 is 0 Å². The van der Waals surface area contributed by atoms with Crippen molar-refractivity contribution in [2.45, 2.75) is 6.42 Å². The van der Waals surface area contributed by atoms with Crippen molar-refractivity contribution >= 4 is 29.0 Å². The quantitative estimate of drug-likeness (QED) is 0.863. The highest BCUT2D eigenvalue weighted by Gasteiger charge is 2.28. The van der Waals surface area contributed by atoms with Gasteiger partial charge in [-0.3, -0.25) is 4.79 Å². The third kappa shape index (κ3) is 2.23. The highest BCUT2D eigenvalue weighted by atomic mass is 35.5. The molecule has 0 radical (unpaired) electrons. The van der Waals surface area contributed by atoms with E-state index in [0.29, 0.717) is 22.2 Å². The number of carbonyl (C=O) groups is 1. The smallest absolute Gasteiger partial charge is 0.254 e. The molecule has 0 saturated carbocycles. The number of aromatic nitrogens is 1. The van der Waals surface area contributed by atoms with E-state index in [1.165, 1.54) is 5.01 Å². The molecule has 0 saturated heterocycles. The van der Waals surface area contributed by atoms with Gasteiger partial charge in [-0.15, -0.1) is 0 Å². The second-order valence-electron chi connectivity index (χ2n) is 4.26. The SMILES string of the molecule is O=C1CC(c2ccccc2O)=NN1c1cccc(Cl)n1. The monoisotopic (exact) mass is 287 g/mol. The van der Waals surface area contributed by atoms with E-state index in [-0.39, 0.29) is 18.1 Å². The molecular formula is C14H10ClN3O2. The van der Waals surface area contributed by atoms with E-state index >= 15 is 0 Å². The number of halogens is 1. The standard InChI is InChI=1S/C14H10ClN3O2/c15-12-6-3-7-13(16-12)18-14(20)8-10(17-18)9-4-1-2-5-11(9)19/h1-7,19H,8H2. The van der Waals surface area contributed by atoms with Crippen molar-refractivity contribution in [1.29, 1.82) is 0 Å². The van der Waals surface area contributed by atoms with Crippen LogP contribution in [0.4, 0.5) is 5.82 Å². The second-order valence-corrected chi connectivity index (χ2v) is 4.65. The second kappa shape index (κ2) is 4.94. The van der Waals surface area contributed by atoms with Crippen molar-refractivity contribution in [1.82, 2.24) is 4.98 Å². The lowest BCUT2D eigenvalue weighted by Gasteiger charge is -2.09. The molecule has 5 nitrogen and oxygen atoms in total. The Morgan fingerprint density at radius 1 is 1.15 bits per heavy atom. The van der Waals surface area contributed by atoms with Gasteiger partial charge in [0, 0.05) is 5.56 Å². The number of rotatable bonds is 2. The van der Waals surface area contributed by atoms with Crippen molar-refractivity contribution in [3.05, 3.63) is 53.2 Å². The summed E-state index contributed by atoms with van der Waals surface area (Å²) < 4.78 is 0. The minimum Gasteiger partial charge on any atom is -0.507 e. The molecule has 2 heterocycles. The summed E-state index contributed by atoms with van der Waals surface area (Å²) in [6, 6.07) is 11.7. The maximum Gasteiger partial charge on any atom is 0.254 e. The Kier molecular flexibility index (Phi) is 3.12. The minimum absolute atomic E-state index is 0.0972. The van der Waals surface area contributed by atoms with Crippen LogP contribution in [-0.4, -0.2) is 21.7 Å². The topological polar surface area (TPSA) is 65.8 Å². The molecule has 1 aliphatic rings. The Bertz CT molecular complexity index is 715. The molecule has 100 valence electrons. The van der Waals surface area contributed by atoms with Gasteiger partial charge in [0.25, 0.3) is 5.91 Å². The lowest BCUT2D eigenvalue weighted by Crippen LogP contribution is -2.20. The van der Waals surface area contributed by atoms with Crippen molar-refractivity contribution in [2.75, 3.05) is 5.01 Å². The maximum absolute atomic E-state index is 12.0. The van der Waals surface area contributed by atoms with Crippen LogP contribution in [0.1, 0.15) is 12.0 Å². The molecular weight excluding hydrogens is 278 g/mol. The number of phenolic OH excluding ortho intramolecular Hbond substituents is 1. The predicted octanol–water partition coefficient (Wildman–Crippen LogP) is 2.58. The minimum atomic E-state index is -0.210. The summed E-state index contributed by atoms with van der Waals surface area (Å²) in [5.41, 5.74) is 1.06. The van der Waals surface area contributed by atoms with Crippen LogP contribution < -0.4 is 5.01 Å². The molecule has 0 spiro atoms. The fraction of sp³-hybridized carbons (Fsp3) is 0.0714. The van der Waals surface area contributed by atoms with Gasteiger partial charge in [-0.1, -0.05) is 29.8 Å². The number of pyridine rings is 1. The highest BCUT2D eigenvalue weighted by molar-refractivity contribution is 6.29. The molecule has 0 bridgehead atoms. The van der Waals surface area contributed by atoms with E-state index in [9.17, 15) is 9.90 Å². The molecule has 20 heavy (non-hydrogen) atoms. The van der Waals surface area contributed by atoms with Gasteiger partial charge in [0.1, 0.15) is 10.9 Å². The molecule has 1 aromatic heterocycles. The number of nitrogens with zero attached hydrogens (tertiary/aromatic N) is 3. The number of hydrogen-bond donors (Lipinski definition) is 1. The first kappa shape index (κ1) is 12.6. The third-order valence-electron chi connectivity index (χ3n) is 2.91. The highest BCUT2D eigenvalue weighted by Crippen LogP contribution is 2.25. The first-order valence-corrected chi connectivity index (χ1v) is 6.34. The zero-order chi connectivity index (χ0) is 14.1. The Labute approximate surface area is 120 Å². The molecule has 0 fully saturated rings. The average molecular weight is 288 g/mol. The first-order valence-electron chi connectivity index (χ1n) is 5.96. The number of amides is 1. The Morgan fingerprint density at radius 3 is 2.70 bits per heavy atom. The van der Waals surface area contributed by atoms with E-state index < -0.39 is 0 Å². The summed E-state index contributed by atoms with van der Waals surface area (Å²) in [7, 11) is 0. The molecule has 3 rings (SSSR count). The third-order valence-corrected chi connectivity index (χ3v) is 3.12. The fourth-order valence-corrected chi connectivity index (χ4v) is 2.15. The van der Waals surface area contributed by atoms with Gasteiger partial charge in [0.2, 0.25) is 0 Å². The Hall–Kier alpha value is -2.40. The van der Waals surface area contributed by atoms with Crippen LogP contribution in [0.5, 0.6) is 5.75 Å². The van der Waals surface area contributed by atoms with Crippen molar-refractivity contribution < 1.29 is 9.90 Å². The number of hydrogen-bond acceptors (Lipinski definition) is 4. The fourth-order valence-electron chi connectivity index (χ4n) is 1.99. The summed E-state index contributed by atoms with van der Waals surface area (Å²) in [6.45, 7) is 0. The summed E-state index contributed by atoms with van der Waals surface area (Å²) in [5.74, 6) is 0.255. The average Bonchev–Trinajstić information content (AvgIpc) is 2.81. The van der Waals surface area contributed by atoms with E-state index in [1.807, 2.05) is 0 Å². The van der Waals surface area contributed by atoms with Crippen LogP contribution in [0.15, 0.2) is 47.6 Å². The number of hydrazone groups is 1. The van der Waals surface area contributed by atoms with Crippen LogP contribution in [0.2, 0.25) is 5.15 Å². The summed E-state index contributed by atoms with van der Waals surface area (Å²) >= 11 is 5.81. The molecule has 1 aromatic carbocycles. The van der Waals surface area contributed by atoms with Crippen LogP contribution in [0.3, 0.4) is 0 Å². The molecule has 2 aromatic rings. The number of aromatic hydroxyl groups is 1. The van der Waals surface area contributed by atoms with Gasteiger partial charge < -0.3 is 5.11 Å². The van der Waals surface area contributed by atoms with Crippen molar-refractivity contribution in [2.24, 2.45) is 5.10 Å². The number of para-hydroxylation sites is 1. The summed E-state index contributed by atoms with van der Waals surface area (Å²) in [6.07, 6.45) is 0.117. The van der Waals surface area contributed by atoms with E-state index in [0.717, 1.165) is 0 Å². The molecule has 1 N–H and O–H groups in total. The van der Waals surface area contributed by atoms with Crippen molar-refractivity contribution in [3.63, 3.8) is 0 Å². The summed E-state index contributed by atoms with van der Waals surface area (Å²) in [4.78, 5) is 16.1. The zero-order valence-corrected chi connectivity index (χ0v) is 11.1. The van der Waals surface area contributed by atoms with E-state index in [2.05, 4.69) is 10.1 Å². The van der Waals surface area contributed by atoms with Crippen LogP contribution in [0, 0.1) is 0 Å². The number of carbonyl (C=O) groups excluding carboxylic acids is 1. The number of phenols is 1. The first-order chi connectivity index (χ1) is 9.65. The van der Waals surface area contributed by atoms with Crippen LogP contribution in [0.25, 0.3) is 0 Å². The van der Waals surface area contributed by atoms with Gasteiger partial charge in [-0.05, 0) is 24.3 Å². The van der Waals surface area contributed by atoms with Crippen molar-refractivity contribution in [3.8, 4) is 5.75 Å². The molecule has 0 atom stereocenters. The predicted molar refractivity (Wildman–Crippen MR) is 76.0 cm³/mol. The molecule has 0 unspecified atom stereocenters. The Morgan fingerprint density at radius 2 is 1.95 bits per heavy atom. The maximum atomic E-state index is 12.0. The van der Waals surface area contributed by atoms with Crippen LogP contribution in [-0.2, 0) is 4.79 Å². The van der Waals surface area contributed by atoms with E-state index in [1.54, 1.807) is 42.5 Å². The number of anilines is 1. The zero-order valence-electron chi connectivity index (χ0n) is 10.3. The van der Waals surface area contributed by atoms with E-state index in [4.69, 9.17) is 11.6 Å². The lowest BCUT2D eigenvalue weighted by molar-refractivity contribution is -0.116. The van der Waals surface area contributed by atoms with Gasteiger partial charge in [-0.25, -0.2) is 4.98 Å². The summed E-state index contributed by atoms with van der Waals surface area (Å²) in [5, 5.41) is 15.5. The Balaban J connectivity index is 1.99. The normalized spacial score (nSPS) is 14.6. The number of benzene rings is 1.